The van der Waals surface area contributed by atoms with Gasteiger partial charge in [-0.05, 0) is 13.8 Å². The highest BCUT2D eigenvalue weighted by Crippen LogP contribution is 2.20. The van der Waals surface area contributed by atoms with Crippen LogP contribution in [0.1, 0.15) is 19.5 Å². The van der Waals surface area contributed by atoms with Crippen molar-refractivity contribution in [2.24, 2.45) is 0 Å². The molecule has 1 rings (SSSR count). The molecule has 0 unspecified atom stereocenters. The Morgan fingerprint density at radius 3 is 2.80 bits per heavy atom. The van der Waals surface area contributed by atoms with E-state index < -0.39 is 0 Å². The summed E-state index contributed by atoms with van der Waals surface area (Å²) in [6.07, 6.45) is 5.31. The fourth-order valence-electron chi connectivity index (χ4n) is 0.595. The van der Waals surface area contributed by atoms with Crippen molar-refractivity contribution >= 4 is 11.3 Å². The third-order valence-corrected chi connectivity index (χ3v) is 2.02. The van der Waals surface area contributed by atoms with Crippen molar-refractivity contribution in [3.63, 3.8) is 0 Å². The number of nitrogens with zero attached hydrogens (tertiary/aromatic N) is 1. The Hall–Kier alpha value is -0.810. The Kier molecular flexibility index (Phi) is 1.78. The van der Waals surface area contributed by atoms with Crippen molar-refractivity contribution in [1.82, 2.24) is 4.98 Å². The summed E-state index contributed by atoms with van der Waals surface area (Å²) in [5.74, 6) is 2.69. The molecule has 2 heteroatoms. The minimum Gasteiger partial charge on any atom is -0.248 e. The van der Waals surface area contributed by atoms with Gasteiger partial charge in [-0.2, -0.15) is 0 Å². The number of hydrogen-bond acceptors (Lipinski definition) is 2. The molecule has 0 saturated carbocycles. The topological polar surface area (TPSA) is 12.9 Å². The highest BCUT2D eigenvalue weighted by atomic mass is 32.1. The van der Waals surface area contributed by atoms with E-state index in [1.165, 1.54) is 0 Å². The molecule has 1 aromatic heterocycles. The minimum atomic E-state index is -0.208. The zero-order valence-electron chi connectivity index (χ0n) is 6.09. The molecule has 0 aliphatic rings. The van der Waals surface area contributed by atoms with Crippen LogP contribution in [0.4, 0.5) is 0 Å². The van der Waals surface area contributed by atoms with E-state index in [2.05, 4.69) is 10.9 Å². The molecule has 10 heavy (non-hydrogen) atoms. The molecule has 0 radical (unpaired) electrons. The fraction of sp³-hybridized carbons (Fsp3) is 0.375. The molecule has 1 nitrogen and oxygen atoms in total. The van der Waals surface area contributed by atoms with E-state index in [0.29, 0.717) is 0 Å². The third kappa shape index (κ3) is 1.19. The quantitative estimate of drug-likeness (QED) is 0.560. The van der Waals surface area contributed by atoms with Gasteiger partial charge in [-0.25, -0.2) is 4.98 Å². The molecule has 0 fully saturated rings. The molecule has 0 bridgehead atoms. The summed E-state index contributed by atoms with van der Waals surface area (Å²) in [5.41, 5.74) is 2.58. The SMILES string of the molecule is C#CC(C)(C)c1cscn1. The maximum atomic E-state index is 5.31. The maximum absolute atomic E-state index is 5.31. The second-order valence-electron chi connectivity index (χ2n) is 2.64. The number of rotatable bonds is 1. The highest BCUT2D eigenvalue weighted by molar-refractivity contribution is 7.07. The Bertz CT molecular complexity index is 241. The van der Waals surface area contributed by atoms with E-state index in [9.17, 15) is 0 Å². The van der Waals surface area contributed by atoms with Gasteiger partial charge >= 0.3 is 0 Å². The smallest absolute Gasteiger partial charge is 0.0795 e. The average Bonchev–Trinajstić information content (AvgIpc) is 2.38. The number of hydrogen-bond donors (Lipinski definition) is 0. The number of thiazole rings is 1. The Morgan fingerprint density at radius 1 is 1.70 bits per heavy atom. The van der Waals surface area contributed by atoms with Gasteiger partial charge in [0.1, 0.15) is 0 Å². The predicted octanol–water partition coefficient (Wildman–Crippen LogP) is 2.05. The van der Waals surface area contributed by atoms with Crippen LogP contribution in [0.25, 0.3) is 0 Å². The van der Waals surface area contributed by atoms with Crippen molar-refractivity contribution in [3.8, 4) is 12.3 Å². The molecule has 0 aromatic carbocycles. The van der Waals surface area contributed by atoms with Crippen LogP contribution in [0.2, 0.25) is 0 Å². The molecular weight excluding hydrogens is 142 g/mol. The van der Waals surface area contributed by atoms with Crippen LogP contribution < -0.4 is 0 Å². The van der Waals surface area contributed by atoms with Gasteiger partial charge in [0.05, 0.1) is 16.6 Å². The van der Waals surface area contributed by atoms with Crippen LogP contribution in [0, 0.1) is 12.3 Å². The van der Waals surface area contributed by atoms with E-state index in [-0.39, 0.29) is 5.41 Å². The molecule has 0 N–H and O–H groups in total. The highest BCUT2D eigenvalue weighted by Gasteiger charge is 2.18. The number of terminal acetylenes is 1. The van der Waals surface area contributed by atoms with E-state index in [1.54, 1.807) is 16.8 Å². The van der Waals surface area contributed by atoms with Gasteiger partial charge < -0.3 is 0 Å². The Balaban J connectivity index is 2.99. The Morgan fingerprint density at radius 2 is 2.40 bits per heavy atom. The van der Waals surface area contributed by atoms with Crippen LogP contribution in [0.15, 0.2) is 10.9 Å². The predicted molar refractivity (Wildman–Crippen MR) is 44.0 cm³/mol. The summed E-state index contributed by atoms with van der Waals surface area (Å²) in [4.78, 5) is 4.13. The Labute approximate surface area is 65.1 Å². The monoisotopic (exact) mass is 151 g/mol. The molecule has 0 spiro atoms. The lowest BCUT2D eigenvalue weighted by Gasteiger charge is -2.12. The first-order valence-electron chi connectivity index (χ1n) is 3.03. The van der Waals surface area contributed by atoms with E-state index >= 15 is 0 Å². The van der Waals surface area contributed by atoms with Crippen LogP contribution in [0.5, 0.6) is 0 Å². The van der Waals surface area contributed by atoms with Gasteiger partial charge in [0, 0.05) is 5.38 Å². The minimum absolute atomic E-state index is 0.208. The third-order valence-electron chi connectivity index (χ3n) is 1.43. The van der Waals surface area contributed by atoms with Gasteiger partial charge in [0.25, 0.3) is 0 Å². The zero-order chi connectivity index (χ0) is 7.61. The van der Waals surface area contributed by atoms with Crippen molar-refractivity contribution < 1.29 is 0 Å². The molecule has 0 aliphatic carbocycles. The molecule has 52 valence electrons. The zero-order valence-corrected chi connectivity index (χ0v) is 6.90. The van der Waals surface area contributed by atoms with E-state index in [4.69, 9.17) is 6.42 Å². The second kappa shape index (κ2) is 2.43. The van der Waals surface area contributed by atoms with E-state index in [1.807, 2.05) is 19.2 Å². The average molecular weight is 151 g/mol. The summed E-state index contributed by atoms with van der Waals surface area (Å²) in [5, 5.41) is 1.99. The first kappa shape index (κ1) is 7.30. The lowest BCUT2D eigenvalue weighted by atomic mass is 9.92. The summed E-state index contributed by atoms with van der Waals surface area (Å²) in [7, 11) is 0. The standard InChI is InChI=1S/C8H9NS/c1-4-8(2,3)7-5-10-6-9-7/h1,5-6H,2-3H3. The van der Waals surface area contributed by atoms with Crippen molar-refractivity contribution in [1.29, 1.82) is 0 Å². The summed E-state index contributed by atoms with van der Waals surface area (Å²) < 4.78 is 0. The summed E-state index contributed by atoms with van der Waals surface area (Å²) in [6.45, 7) is 3.98. The van der Waals surface area contributed by atoms with Crippen molar-refractivity contribution in [3.05, 3.63) is 16.6 Å². The van der Waals surface area contributed by atoms with Crippen molar-refractivity contribution in [2.45, 2.75) is 19.3 Å². The van der Waals surface area contributed by atoms with Gasteiger partial charge in [-0.1, -0.05) is 5.92 Å². The number of aromatic nitrogens is 1. The molecule has 1 aromatic rings. The molecule has 0 saturated heterocycles. The second-order valence-corrected chi connectivity index (χ2v) is 3.36. The lowest BCUT2D eigenvalue weighted by molar-refractivity contribution is 0.676. The van der Waals surface area contributed by atoms with E-state index in [0.717, 1.165) is 5.69 Å². The molecular formula is C8H9NS. The normalized spacial score (nSPS) is 10.9. The molecule has 0 amide bonds. The van der Waals surface area contributed by atoms with Crippen LogP contribution in [0.3, 0.4) is 0 Å². The van der Waals surface area contributed by atoms with Crippen LogP contribution >= 0.6 is 11.3 Å². The molecule has 0 aliphatic heterocycles. The van der Waals surface area contributed by atoms with Crippen LogP contribution in [-0.2, 0) is 5.41 Å². The van der Waals surface area contributed by atoms with Crippen molar-refractivity contribution in [2.75, 3.05) is 0 Å². The maximum Gasteiger partial charge on any atom is 0.0795 e. The van der Waals surface area contributed by atoms with Gasteiger partial charge in [0.15, 0.2) is 0 Å². The molecule has 1 heterocycles. The summed E-state index contributed by atoms with van der Waals surface area (Å²) in [6, 6.07) is 0. The molecule has 0 atom stereocenters. The largest absolute Gasteiger partial charge is 0.248 e. The lowest BCUT2D eigenvalue weighted by Crippen LogP contribution is -2.13. The fourth-order valence-corrected chi connectivity index (χ4v) is 1.31. The van der Waals surface area contributed by atoms with Gasteiger partial charge in [-0.3, -0.25) is 0 Å². The van der Waals surface area contributed by atoms with Gasteiger partial charge in [-0.15, -0.1) is 17.8 Å². The van der Waals surface area contributed by atoms with Crippen LogP contribution in [-0.4, -0.2) is 4.98 Å². The first-order valence-corrected chi connectivity index (χ1v) is 3.97. The summed E-state index contributed by atoms with van der Waals surface area (Å²) >= 11 is 1.58. The first-order chi connectivity index (χ1) is 4.67. The van der Waals surface area contributed by atoms with Gasteiger partial charge in [0.2, 0.25) is 0 Å².